The molecule has 0 saturated carbocycles. The van der Waals surface area contributed by atoms with Crippen LogP contribution in [-0.2, 0) is 0 Å². The number of nitrogens with zero attached hydrogens (tertiary/aromatic N) is 3. The fraction of sp³-hybridized carbons (Fsp3) is 0.471. The molecule has 2 N–H and O–H groups in total. The number of aliphatic hydroxyl groups is 1. The molecule has 0 radical (unpaired) electrons. The lowest BCUT2D eigenvalue weighted by molar-refractivity contribution is 0.0680. The lowest BCUT2D eigenvalue weighted by Crippen LogP contribution is -2.21. The Morgan fingerprint density at radius 1 is 1.35 bits per heavy atom. The van der Waals surface area contributed by atoms with E-state index in [1.54, 1.807) is 26.0 Å². The van der Waals surface area contributed by atoms with Crippen LogP contribution in [0.5, 0.6) is 0 Å². The van der Waals surface area contributed by atoms with Gasteiger partial charge in [-0.25, -0.2) is 9.37 Å². The van der Waals surface area contributed by atoms with Gasteiger partial charge < -0.3 is 10.4 Å². The molecule has 0 aliphatic rings. The molecule has 0 amide bonds. The smallest absolute Gasteiger partial charge is 0.243 e. The van der Waals surface area contributed by atoms with Gasteiger partial charge in [-0.1, -0.05) is 12.1 Å². The normalized spacial score (nSPS) is 12.9. The number of benzene rings is 1. The topological polar surface area (TPSA) is 70.9 Å². The van der Waals surface area contributed by atoms with E-state index in [4.69, 9.17) is 0 Å². The quantitative estimate of drug-likeness (QED) is 0.818. The number of aromatic nitrogens is 3. The summed E-state index contributed by atoms with van der Waals surface area (Å²) in [6.45, 7) is 5.64. The van der Waals surface area contributed by atoms with E-state index in [9.17, 15) is 9.50 Å². The lowest BCUT2D eigenvalue weighted by Gasteiger charge is -2.19. The molecule has 0 spiro atoms. The summed E-state index contributed by atoms with van der Waals surface area (Å²) < 4.78 is 13.3. The Hall–Kier alpha value is -2.08. The SMILES string of the molecule is CC(CCCC(C)(C)O)Nc1nncc(-c2cccc(F)c2)n1. The van der Waals surface area contributed by atoms with Gasteiger partial charge in [-0.2, -0.15) is 5.10 Å². The highest BCUT2D eigenvalue weighted by atomic mass is 19.1. The van der Waals surface area contributed by atoms with Crippen LogP contribution < -0.4 is 5.32 Å². The number of hydrogen-bond donors (Lipinski definition) is 2. The zero-order valence-corrected chi connectivity index (χ0v) is 13.8. The largest absolute Gasteiger partial charge is 0.390 e. The van der Waals surface area contributed by atoms with E-state index < -0.39 is 5.60 Å². The monoisotopic (exact) mass is 318 g/mol. The van der Waals surface area contributed by atoms with E-state index >= 15 is 0 Å². The predicted octanol–water partition coefficient (Wildman–Crippen LogP) is 3.42. The van der Waals surface area contributed by atoms with Gasteiger partial charge in [-0.3, -0.25) is 0 Å². The van der Waals surface area contributed by atoms with E-state index in [-0.39, 0.29) is 11.9 Å². The van der Waals surface area contributed by atoms with E-state index in [0.29, 0.717) is 17.2 Å². The molecule has 1 unspecified atom stereocenters. The summed E-state index contributed by atoms with van der Waals surface area (Å²) in [6.07, 6.45) is 4.03. The Balaban J connectivity index is 1.97. The van der Waals surface area contributed by atoms with Crippen LogP contribution in [0.15, 0.2) is 30.5 Å². The Labute approximate surface area is 136 Å². The molecular formula is C17H23FN4O. The minimum Gasteiger partial charge on any atom is -0.390 e. The van der Waals surface area contributed by atoms with Crippen molar-refractivity contribution < 1.29 is 9.50 Å². The average Bonchev–Trinajstić information content (AvgIpc) is 2.46. The van der Waals surface area contributed by atoms with Crippen molar-refractivity contribution in [1.82, 2.24) is 15.2 Å². The second kappa shape index (κ2) is 7.46. The van der Waals surface area contributed by atoms with Gasteiger partial charge in [-0.15, -0.1) is 5.10 Å². The zero-order chi connectivity index (χ0) is 16.9. The molecule has 0 saturated heterocycles. The highest BCUT2D eigenvalue weighted by Gasteiger charge is 2.13. The van der Waals surface area contributed by atoms with Crippen LogP contribution in [0.1, 0.15) is 40.0 Å². The summed E-state index contributed by atoms with van der Waals surface area (Å²) in [7, 11) is 0. The number of anilines is 1. The van der Waals surface area contributed by atoms with Crippen LogP contribution in [-0.4, -0.2) is 31.9 Å². The van der Waals surface area contributed by atoms with Crippen LogP contribution in [0.2, 0.25) is 0 Å². The van der Waals surface area contributed by atoms with Crippen molar-refractivity contribution in [2.24, 2.45) is 0 Å². The maximum absolute atomic E-state index is 13.3. The maximum Gasteiger partial charge on any atom is 0.243 e. The fourth-order valence-corrected chi connectivity index (χ4v) is 2.29. The van der Waals surface area contributed by atoms with Crippen molar-refractivity contribution in [3.63, 3.8) is 0 Å². The van der Waals surface area contributed by atoms with Gasteiger partial charge in [0, 0.05) is 11.6 Å². The molecule has 1 atom stereocenters. The van der Waals surface area contributed by atoms with Crippen molar-refractivity contribution in [2.75, 3.05) is 5.32 Å². The molecule has 124 valence electrons. The molecule has 23 heavy (non-hydrogen) atoms. The van der Waals surface area contributed by atoms with Crippen molar-refractivity contribution >= 4 is 5.95 Å². The summed E-state index contributed by atoms with van der Waals surface area (Å²) in [5.41, 5.74) is 0.595. The molecule has 0 aliphatic heterocycles. The lowest BCUT2D eigenvalue weighted by atomic mass is 10.00. The number of nitrogens with one attached hydrogen (secondary N) is 1. The highest BCUT2D eigenvalue weighted by Crippen LogP contribution is 2.18. The first-order valence-corrected chi connectivity index (χ1v) is 7.78. The van der Waals surface area contributed by atoms with Gasteiger partial charge in [-0.05, 0) is 52.2 Å². The molecule has 0 bridgehead atoms. The number of halogens is 1. The average molecular weight is 318 g/mol. The third-order valence-electron chi connectivity index (χ3n) is 3.48. The van der Waals surface area contributed by atoms with Gasteiger partial charge in [0.05, 0.1) is 17.5 Å². The van der Waals surface area contributed by atoms with Crippen molar-refractivity contribution in [3.05, 3.63) is 36.3 Å². The van der Waals surface area contributed by atoms with Crippen LogP contribution in [0, 0.1) is 5.82 Å². The van der Waals surface area contributed by atoms with E-state index in [2.05, 4.69) is 20.5 Å². The van der Waals surface area contributed by atoms with E-state index in [0.717, 1.165) is 19.3 Å². The second-order valence-electron chi connectivity index (χ2n) is 6.43. The first-order valence-electron chi connectivity index (χ1n) is 7.78. The number of rotatable bonds is 7. The molecule has 0 fully saturated rings. The molecule has 2 rings (SSSR count). The Morgan fingerprint density at radius 2 is 2.13 bits per heavy atom. The van der Waals surface area contributed by atoms with Gasteiger partial charge >= 0.3 is 0 Å². The summed E-state index contributed by atoms with van der Waals surface area (Å²) in [6, 6.07) is 6.38. The number of hydrogen-bond acceptors (Lipinski definition) is 5. The third-order valence-corrected chi connectivity index (χ3v) is 3.48. The molecule has 2 aromatic rings. The van der Waals surface area contributed by atoms with Crippen LogP contribution in [0.4, 0.5) is 10.3 Å². The van der Waals surface area contributed by atoms with Crippen LogP contribution in [0.3, 0.4) is 0 Å². The van der Waals surface area contributed by atoms with Gasteiger partial charge in [0.2, 0.25) is 5.95 Å². The standard InChI is InChI=1S/C17H23FN4O/c1-12(6-5-9-17(2,3)23)20-16-21-15(11-19-22-16)13-7-4-8-14(18)10-13/h4,7-8,10-12,23H,5-6,9H2,1-3H3,(H,20,21,22). The molecular weight excluding hydrogens is 295 g/mol. The predicted molar refractivity (Wildman–Crippen MR) is 88.5 cm³/mol. The van der Waals surface area contributed by atoms with Crippen LogP contribution in [0.25, 0.3) is 11.3 Å². The fourth-order valence-electron chi connectivity index (χ4n) is 2.29. The maximum atomic E-state index is 13.3. The molecule has 1 aromatic carbocycles. The molecule has 1 heterocycles. The highest BCUT2D eigenvalue weighted by molar-refractivity contribution is 5.58. The Morgan fingerprint density at radius 3 is 2.83 bits per heavy atom. The van der Waals surface area contributed by atoms with E-state index in [1.165, 1.54) is 18.3 Å². The first-order chi connectivity index (χ1) is 10.8. The zero-order valence-electron chi connectivity index (χ0n) is 13.8. The van der Waals surface area contributed by atoms with Gasteiger partial charge in [0.1, 0.15) is 5.82 Å². The molecule has 6 heteroatoms. The summed E-state index contributed by atoms with van der Waals surface area (Å²) in [5, 5.41) is 20.8. The summed E-state index contributed by atoms with van der Waals surface area (Å²) in [5.74, 6) is 0.109. The summed E-state index contributed by atoms with van der Waals surface area (Å²) in [4.78, 5) is 4.38. The van der Waals surface area contributed by atoms with Gasteiger partial charge in [0.25, 0.3) is 0 Å². The Bertz CT molecular complexity index is 642. The Kier molecular flexibility index (Phi) is 5.60. The third kappa shape index (κ3) is 5.90. The van der Waals surface area contributed by atoms with Crippen LogP contribution >= 0.6 is 0 Å². The molecule has 1 aromatic heterocycles. The first kappa shape index (κ1) is 17.3. The minimum absolute atomic E-state index is 0.155. The summed E-state index contributed by atoms with van der Waals surface area (Å²) >= 11 is 0. The molecule has 5 nitrogen and oxygen atoms in total. The van der Waals surface area contributed by atoms with Crippen molar-refractivity contribution in [1.29, 1.82) is 0 Å². The van der Waals surface area contributed by atoms with Crippen molar-refractivity contribution in [2.45, 2.75) is 51.7 Å². The second-order valence-corrected chi connectivity index (χ2v) is 6.43. The molecule has 0 aliphatic carbocycles. The van der Waals surface area contributed by atoms with Gasteiger partial charge in [0.15, 0.2) is 0 Å². The van der Waals surface area contributed by atoms with Crippen molar-refractivity contribution in [3.8, 4) is 11.3 Å². The minimum atomic E-state index is -0.644. The van der Waals surface area contributed by atoms with E-state index in [1.807, 2.05) is 6.92 Å².